The Morgan fingerprint density at radius 3 is 2.22 bits per heavy atom. The summed E-state index contributed by atoms with van der Waals surface area (Å²) in [5.41, 5.74) is 0. The molecule has 0 aliphatic rings. The summed E-state index contributed by atoms with van der Waals surface area (Å²) in [5.74, 6) is 0.167. The smallest absolute Gasteiger partial charge is 0.222 e. The molecule has 0 bridgehead atoms. The van der Waals surface area contributed by atoms with E-state index < -0.39 is 0 Å². The molecule has 0 aromatic carbocycles. The van der Waals surface area contributed by atoms with Gasteiger partial charge in [0.1, 0.15) is 0 Å². The van der Waals surface area contributed by atoms with E-state index in [2.05, 4.69) is 10.6 Å². The van der Waals surface area contributed by atoms with Gasteiger partial charge in [-0.1, -0.05) is 6.92 Å². The van der Waals surface area contributed by atoms with Crippen molar-refractivity contribution in [3.63, 3.8) is 0 Å². The van der Waals surface area contributed by atoms with Crippen LogP contribution >= 0.6 is 0 Å². The number of carbonyl (C=O) groups is 2. The number of rotatable bonds is 10. The van der Waals surface area contributed by atoms with Crippen molar-refractivity contribution in [1.29, 1.82) is 0 Å². The normalized spacial score (nSPS) is 10.2. The van der Waals surface area contributed by atoms with Crippen LogP contribution in [-0.4, -0.2) is 49.4 Å². The van der Waals surface area contributed by atoms with Gasteiger partial charge < -0.3 is 15.5 Å². The van der Waals surface area contributed by atoms with Crippen LogP contribution in [0, 0.1) is 0 Å². The topological polar surface area (TPSA) is 61.4 Å². The molecule has 0 aromatic heterocycles. The molecule has 2 amide bonds. The second-order valence-corrected chi connectivity index (χ2v) is 4.12. The number of hydrogen-bond donors (Lipinski definition) is 2. The Morgan fingerprint density at radius 2 is 1.67 bits per heavy atom. The van der Waals surface area contributed by atoms with Crippen molar-refractivity contribution in [3.05, 3.63) is 0 Å². The Balaban J connectivity index is 3.58. The van der Waals surface area contributed by atoms with Crippen LogP contribution in [0.15, 0.2) is 0 Å². The van der Waals surface area contributed by atoms with Gasteiger partial charge in [0.15, 0.2) is 0 Å². The summed E-state index contributed by atoms with van der Waals surface area (Å²) in [5, 5.41) is 5.95. The highest BCUT2D eigenvalue weighted by Gasteiger charge is 2.09. The van der Waals surface area contributed by atoms with Gasteiger partial charge in [0.2, 0.25) is 11.8 Å². The zero-order valence-electron chi connectivity index (χ0n) is 11.9. The molecule has 2 N–H and O–H groups in total. The third-order valence-electron chi connectivity index (χ3n) is 2.78. The minimum atomic E-state index is 0.0280. The number of nitrogens with zero attached hydrogens (tertiary/aromatic N) is 1. The van der Waals surface area contributed by atoms with Crippen molar-refractivity contribution in [2.45, 2.75) is 40.0 Å². The van der Waals surface area contributed by atoms with E-state index in [1.165, 1.54) is 0 Å². The van der Waals surface area contributed by atoms with Crippen LogP contribution in [0.1, 0.15) is 40.0 Å². The van der Waals surface area contributed by atoms with E-state index in [0.29, 0.717) is 25.8 Å². The minimum Gasteiger partial charge on any atom is -0.355 e. The molecule has 0 spiro atoms. The molecule has 5 nitrogen and oxygen atoms in total. The van der Waals surface area contributed by atoms with E-state index in [1.807, 2.05) is 20.8 Å². The van der Waals surface area contributed by atoms with Crippen LogP contribution in [0.3, 0.4) is 0 Å². The van der Waals surface area contributed by atoms with Crippen molar-refractivity contribution in [2.75, 3.05) is 32.7 Å². The highest BCUT2D eigenvalue weighted by molar-refractivity contribution is 5.78. The zero-order valence-corrected chi connectivity index (χ0v) is 11.9. The molecule has 0 fully saturated rings. The van der Waals surface area contributed by atoms with Crippen molar-refractivity contribution < 1.29 is 9.59 Å². The number of carbonyl (C=O) groups excluding carboxylic acids is 2. The monoisotopic (exact) mass is 257 g/mol. The summed E-state index contributed by atoms with van der Waals surface area (Å²) >= 11 is 0. The summed E-state index contributed by atoms with van der Waals surface area (Å²) in [6.45, 7) is 9.80. The molecule has 0 saturated carbocycles. The third kappa shape index (κ3) is 8.06. The minimum absolute atomic E-state index is 0.0280. The van der Waals surface area contributed by atoms with Crippen LogP contribution in [0.25, 0.3) is 0 Å². The van der Waals surface area contributed by atoms with Crippen LogP contribution < -0.4 is 10.6 Å². The second-order valence-electron chi connectivity index (χ2n) is 4.12. The second kappa shape index (κ2) is 11.0. The summed E-state index contributed by atoms with van der Waals surface area (Å²) in [6, 6.07) is 0. The average Bonchev–Trinajstić information content (AvgIpc) is 2.36. The van der Waals surface area contributed by atoms with Crippen molar-refractivity contribution in [2.24, 2.45) is 0 Å². The predicted octanol–water partition coefficient (Wildman–Crippen LogP) is 0.751. The van der Waals surface area contributed by atoms with Gasteiger partial charge in [0.05, 0.1) is 0 Å². The molecule has 0 radical (unpaired) electrons. The zero-order chi connectivity index (χ0) is 13.8. The quantitative estimate of drug-likeness (QED) is 0.568. The van der Waals surface area contributed by atoms with Crippen molar-refractivity contribution >= 4 is 11.8 Å². The maximum absolute atomic E-state index is 11.7. The van der Waals surface area contributed by atoms with Gasteiger partial charge in [-0.05, 0) is 26.8 Å². The summed E-state index contributed by atoms with van der Waals surface area (Å²) in [6.07, 6.45) is 1.52. The summed E-state index contributed by atoms with van der Waals surface area (Å²) in [4.78, 5) is 24.9. The molecule has 0 aromatic rings. The standard InChI is InChI=1S/C13H27N3O2/c1-4-14-10-11-15-12(17)8-7-9-13(18)16(5-2)6-3/h14H,4-11H2,1-3H3,(H,15,17). The molecule has 18 heavy (non-hydrogen) atoms. The number of likely N-dealkylation sites (N-methyl/N-ethyl adjacent to an activating group) is 1. The van der Waals surface area contributed by atoms with Gasteiger partial charge in [-0.2, -0.15) is 0 Å². The molecule has 0 rings (SSSR count). The third-order valence-corrected chi connectivity index (χ3v) is 2.78. The van der Waals surface area contributed by atoms with Crippen LogP contribution in [-0.2, 0) is 9.59 Å². The van der Waals surface area contributed by atoms with E-state index in [0.717, 1.165) is 26.2 Å². The van der Waals surface area contributed by atoms with Gasteiger partial charge in [0.25, 0.3) is 0 Å². The Morgan fingerprint density at radius 1 is 1.00 bits per heavy atom. The van der Waals surface area contributed by atoms with Crippen LogP contribution in [0.5, 0.6) is 0 Å². The highest BCUT2D eigenvalue weighted by atomic mass is 16.2. The van der Waals surface area contributed by atoms with Crippen LogP contribution in [0.2, 0.25) is 0 Å². The van der Waals surface area contributed by atoms with E-state index in [4.69, 9.17) is 0 Å². The van der Waals surface area contributed by atoms with Gasteiger partial charge in [0, 0.05) is 39.0 Å². The Labute approximate surface area is 110 Å². The first kappa shape index (κ1) is 16.9. The fraction of sp³-hybridized carbons (Fsp3) is 0.846. The van der Waals surface area contributed by atoms with Crippen molar-refractivity contribution in [3.8, 4) is 0 Å². The first-order valence-electron chi connectivity index (χ1n) is 6.90. The molecule has 106 valence electrons. The predicted molar refractivity (Wildman–Crippen MR) is 73.3 cm³/mol. The molecular formula is C13H27N3O2. The van der Waals surface area contributed by atoms with E-state index in [-0.39, 0.29) is 11.8 Å². The lowest BCUT2D eigenvalue weighted by atomic mass is 10.2. The summed E-state index contributed by atoms with van der Waals surface area (Å²) in [7, 11) is 0. The lowest BCUT2D eigenvalue weighted by molar-refractivity contribution is -0.131. The van der Waals surface area contributed by atoms with Gasteiger partial charge in [-0.15, -0.1) is 0 Å². The Kier molecular flexibility index (Phi) is 10.3. The lowest BCUT2D eigenvalue weighted by Crippen LogP contribution is -2.32. The number of amides is 2. The Bertz CT molecular complexity index is 240. The fourth-order valence-electron chi connectivity index (χ4n) is 1.69. The number of hydrogen-bond acceptors (Lipinski definition) is 3. The van der Waals surface area contributed by atoms with Gasteiger partial charge in [-0.3, -0.25) is 9.59 Å². The van der Waals surface area contributed by atoms with Gasteiger partial charge >= 0.3 is 0 Å². The van der Waals surface area contributed by atoms with Crippen molar-refractivity contribution in [1.82, 2.24) is 15.5 Å². The molecule has 0 atom stereocenters. The average molecular weight is 257 g/mol. The molecule has 0 saturated heterocycles. The molecule has 0 aliphatic carbocycles. The van der Waals surface area contributed by atoms with E-state index >= 15 is 0 Å². The summed E-state index contributed by atoms with van der Waals surface area (Å²) < 4.78 is 0. The maximum Gasteiger partial charge on any atom is 0.222 e. The molecule has 0 heterocycles. The molecule has 0 unspecified atom stereocenters. The Hall–Kier alpha value is -1.10. The first-order valence-corrected chi connectivity index (χ1v) is 6.90. The van der Waals surface area contributed by atoms with E-state index in [1.54, 1.807) is 4.90 Å². The lowest BCUT2D eigenvalue weighted by Gasteiger charge is -2.18. The highest BCUT2D eigenvalue weighted by Crippen LogP contribution is 2.00. The molecular weight excluding hydrogens is 230 g/mol. The van der Waals surface area contributed by atoms with Crippen LogP contribution in [0.4, 0.5) is 0 Å². The fourth-order valence-corrected chi connectivity index (χ4v) is 1.69. The SMILES string of the molecule is CCNCCNC(=O)CCCC(=O)N(CC)CC. The number of nitrogens with one attached hydrogen (secondary N) is 2. The molecule has 5 heteroatoms. The maximum atomic E-state index is 11.7. The largest absolute Gasteiger partial charge is 0.355 e. The van der Waals surface area contributed by atoms with Gasteiger partial charge in [-0.25, -0.2) is 0 Å². The first-order chi connectivity index (χ1) is 8.65. The van der Waals surface area contributed by atoms with E-state index in [9.17, 15) is 9.59 Å². The molecule has 0 aliphatic heterocycles.